The van der Waals surface area contributed by atoms with Crippen molar-refractivity contribution in [1.82, 2.24) is 10.6 Å². The Balaban J connectivity index is 1.53. The first kappa shape index (κ1) is 13.8. The Bertz CT molecular complexity index is 249. The predicted octanol–water partition coefficient (Wildman–Crippen LogP) is 0.440. The minimum Gasteiger partial charge on any atom is -0.381 e. The first-order valence-electron chi connectivity index (χ1n) is 7.04. The molecule has 2 aliphatic rings. The molecule has 0 aromatic rings. The van der Waals surface area contributed by atoms with Gasteiger partial charge in [0.2, 0.25) is 5.91 Å². The number of carbonyl (C=O) groups is 1. The van der Waals surface area contributed by atoms with Gasteiger partial charge in [0.25, 0.3) is 0 Å². The zero-order valence-electron chi connectivity index (χ0n) is 11.0. The highest BCUT2D eigenvalue weighted by Gasteiger charge is 2.17. The van der Waals surface area contributed by atoms with E-state index in [9.17, 15) is 4.79 Å². The lowest BCUT2D eigenvalue weighted by molar-refractivity contribution is -0.121. The summed E-state index contributed by atoms with van der Waals surface area (Å²) >= 11 is 0. The van der Waals surface area contributed by atoms with Crippen LogP contribution < -0.4 is 10.6 Å². The van der Waals surface area contributed by atoms with Crippen LogP contribution in [0.25, 0.3) is 0 Å². The monoisotopic (exact) mass is 256 g/mol. The van der Waals surface area contributed by atoms with Crippen molar-refractivity contribution in [2.45, 2.75) is 44.2 Å². The summed E-state index contributed by atoms with van der Waals surface area (Å²) in [4.78, 5) is 11.7. The standard InChI is InChI=1S/C13H24N2O3/c16-13(15-11-4-7-17-8-5-11)10-14-9-12-3-1-2-6-18-12/h11-12,14H,1-10H2,(H,15,16). The molecule has 2 N–H and O–H groups in total. The molecular formula is C13H24N2O3. The number of hydrogen-bond acceptors (Lipinski definition) is 4. The molecule has 1 unspecified atom stereocenters. The zero-order valence-corrected chi connectivity index (χ0v) is 11.0. The van der Waals surface area contributed by atoms with E-state index in [0.717, 1.165) is 45.6 Å². The smallest absolute Gasteiger partial charge is 0.234 e. The average molecular weight is 256 g/mol. The van der Waals surface area contributed by atoms with Gasteiger partial charge in [-0.15, -0.1) is 0 Å². The molecule has 0 radical (unpaired) electrons. The molecule has 0 aromatic carbocycles. The van der Waals surface area contributed by atoms with Crippen molar-refractivity contribution in [1.29, 1.82) is 0 Å². The number of carbonyl (C=O) groups excluding carboxylic acids is 1. The van der Waals surface area contributed by atoms with Crippen molar-refractivity contribution in [3.05, 3.63) is 0 Å². The van der Waals surface area contributed by atoms with Gasteiger partial charge in [-0.3, -0.25) is 4.79 Å². The second kappa shape index (κ2) is 7.71. The van der Waals surface area contributed by atoms with Crippen LogP contribution in [-0.2, 0) is 14.3 Å². The van der Waals surface area contributed by atoms with Gasteiger partial charge < -0.3 is 20.1 Å². The lowest BCUT2D eigenvalue weighted by atomic mass is 10.1. The van der Waals surface area contributed by atoms with Gasteiger partial charge in [-0.05, 0) is 32.1 Å². The van der Waals surface area contributed by atoms with Gasteiger partial charge in [0.1, 0.15) is 0 Å². The molecule has 0 bridgehead atoms. The van der Waals surface area contributed by atoms with Crippen LogP contribution >= 0.6 is 0 Å². The number of ether oxygens (including phenoxy) is 2. The average Bonchev–Trinajstić information content (AvgIpc) is 2.41. The van der Waals surface area contributed by atoms with Crippen LogP contribution in [0, 0.1) is 0 Å². The SMILES string of the molecule is O=C(CNCC1CCCCO1)NC1CCOCC1. The Morgan fingerprint density at radius 3 is 2.67 bits per heavy atom. The van der Waals surface area contributed by atoms with E-state index >= 15 is 0 Å². The van der Waals surface area contributed by atoms with Crippen LogP contribution in [0.2, 0.25) is 0 Å². The molecule has 18 heavy (non-hydrogen) atoms. The number of rotatable bonds is 5. The van der Waals surface area contributed by atoms with Gasteiger partial charge in [0.05, 0.1) is 12.6 Å². The summed E-state index contributed by atoms with van der Waals surface area (Å²) in [6.45, 7) is 3.54. The summed E-state index contributed by atoms with van der Waals surface area (Å²) in [6.07, 6.45) is 5.65. The van der Waals surface area contributed by atoms with Gasteiger partial charge in [0, 0.05) is 32.4 Å². The second-order valence-electron chi connectivity index (χ2n) is 5.07. The molecule has 5 nitrogen and oxygen atoms in total. The molecule has 1 amide bonds. The van der Waals surface area contributed by atoms with Gasteiger partial charge in [0.15, 0.2) is 0 Å². The maximum Gasteiger partial charge on any atom is 0.234 e. The van der Waals surface area contributed by atoms with Crippen molar-refractivity contribution in [2.75, 3.05) is 32.9 Å². The normalized spacial score (nSPS) is 25.9. The number of amides is 1. The Hall–Kier alpha value is -0.650. The van der Waals surface area contributed by atoms with Gasteiger partial charge >= 0.3 is 0 Å². The third-order valence-electron chi connectivity index (χ3n) is 3.52. The molecule has 0 spiro atoms. The maximum absolute atomic E-state index is 11.7. The van der Waals surface area contributed by atoms with E-state index in [0.29, 0.717) is 12.6 Å². The molecule has 0 aromatic heterocycles. The van der Waals surface area contributed by atoms with Gasteiger partial charge in [-0.25, -0.2) is 0 Å². The van der Waals surface area contributed by atoms with Crippen molar-refractivity contribution in [2.24, 2.45) is 0 Å². The molecule has 2 saturated heterocycles. The Kier molecular flexibility index (Phi) is 5.90. The topological polar surface area (TPSA) is 59.6 Å². The van der Waals surface area contributed by atoms with Gasteiger partial charge in [-0.1, -0.05) is 0 Å². The molecule has 0 aliphatic carbocycles. The molecular weight excluding hydrogens is 232 g/mol. The van der Waals surface area contributed by atoms with Crippen LogP contribution in [0.4, 0.5) is 0 Å². The minimum atomic E-state index is 0.0812. The first-order chi connectivity index (χ1) is 8.84. The van der Waals surface area contributed by atoms with Gasteiger partial charge in [-0.2, -0.15) is 0 Å². The highest BCUT2D eigenvalue weighted by molar-refractivity contribution is 5.78. The van der Waals surface area contributed by atoms with Crippen LogP contribution in [0.5, 0.6) is 0 Å². The largest absolute Gasteiger partial charge is 0.381 e. The highest BCUT2D eigenvalue weighted by atomic mass is 16.5. The summed E-state index contributed by atoms with van der Waals surface area (Å²) in [7, 11) is 0. The van der Waals surface area contributed by atoms with E-state index in [1.807, 2.05) is 0 Å². The lowest BCUT2D eigenvalue weighted by Gasteiger charge is -2.24. The predicted molar refractivity (Wildman–Crippen MR) is 68.4 cm³/mol. The van der Waals surface area contributed by atoms with Crippen molar-refractivity contribution in [3.63, 3.8) is 0 Å². The molecule has 2 heterocycles. The quantitative estimate of drug-likeness (QED) is 0.749. The van der Waals surface area contributed by atoms with Crippen LogP contribution in [0.3, 0.4) is 0 Å². The zero-order chi connectivity index (χ0) is 12.6. The van der Waals surface area contributed by atoms with E-state index in [-0.39, 0.29) is 12.0 Å². The fourth-order valence-corrected chi connectivity index (χ4v) is 2.44. The summed E-state index contributed by atoms with van der Waals surface area (Å²) in [6, 6.07) is 0.291. The second-order valence-corrected chi connectivity index (χ2v) is 5.07. The van der Waals surface area contributed by atoms with E-state index in [1.165, 1.54) is 12.8 Å². The van der Waals surface area contributed by atoms with Crippen LogP contribution in [0.15, 0.2) is 0 Å². The fraction of sp³-hybridized carbons (Fsp3) is 0.923. The summed E-state index contributed by atoms with van der Waals surface area (Å²) in [5, 5.41) is 6.21. The molecule has 2 aliphatic heterocycles. The number of nitrogens with one attached hydrogen (secondary N) is 2. The fourth-order valence-electron chi connectivity index (χ4n) is 2.44. The lowest BCUT2D eigenvalue weighted by Crippen LogP contribution is -2.44. The van der Waals surface area contributed by atoms with Crippen molar-refractivity contribution >= 4 is 5.91 Å². The van der Waals surface area contributed by atoms with E-state index < -0.39 is 0 Å². The Morgan fingerprint density at radius 1 is 1.11 bits per heavy atom. The molecule has 0 saturated carbocycles. The molecule has 1 atom stereocenters. The van der Waals surface area contributed by atoms with Crippen LogP contribution in [0.1, 0.15) is 32.1 Å². The third kappa shape index (κ3) is 4.92. The maximum atomic E-state index is 11.7. The Morgan fingerprint density at radius 2 is 1.94 bits per heavy atom. The first-order valence-corrected chi connectivity index (χ1v) is 7.04. The van der Waals surface area contributed by atoms with Crippen molar-refractivity contribution < 1.29 is 14.3 Å². The summed E-state index contributed by atoms with van der Waals surface area (Å²) in [5.41, 5.74) is 0. The Labute approximate surface area is 109 Å². The molecule has 104 valence electrons. The number of hydrogen-bond donors (Lipinski definition) is 2. The van der Waals surface area contributed by atoms with Crippen LogP contribution in [-0.4, -0.2) is 51.0 Å². The molecule has 2 fully saturated rings. The highest BCUT2D eigenvalue weighted by Crippen LogP contribution is 2.11. The third-order valence-corrected chi connectivity index (χ3v) is 3.52. The van der Waals surface area contributed by atoms with E-state index in [2.05, 4.69) is 10.6 Å². The van der Waals surface area contributed by atoms with E-state index in [1.54, 1.807) is 0 Å². The summed E-state index contributed by atoms with van der Waals surface area (Å²) < 4.78 is 10.9. The van der Waals surface area contributed by atoms with Crippen molar-refractivity contribution in [3.8, 4) is 0 Å². The summed E-state index contributed by atoms with van der Waals surface area (Å²) in [5.74, 6) is 0.0812. The molecule has 5 heteroatoms. The minimum absolute atomic E-state index is 0.0812. The molecule has 2 rings (SSSR count). The van der Waals surface area contributed by atoms with E-state index in [4.69, 9.17) is 9.47 Å².